The number of halogens is 1. The largest absolute Gasteiger partial charge is 0.497 e. The van der Waals surface area contributed by atoms with E-state index in [2.05, 4.69) is 15.8 Å². The molecule has 2 N–H and O–H groups in total. The Labute approximate surface area is 109 Å². The summed E-state index contributed by atoms with van der Waals surface area (Å²) in [5.74, 6) is -0.0874. The van der Waals surface area contributed by atoms with E-state index < -0.39 is 5.95 Å². The van der Waals surface area contributed by atoms with Crippen LogP contribution in [-0.2, 0) is 0 Å². The lowest BCUT2D eigenvalue weighted by molar-refractivity contribution is 0.0962. The second-order valence-electron chi connectivity index (χ2n) is 3.65. The van der Waals surface area contributed by atoms with E-state index in [1.807, 2.05) is 0 Å². The van der Waals surface area contributed by atoms with Gasteiger partial charge in [0.1, 0.15) is 11.6 Å². The summed E-state index contributed by atoms with van der Waals surface area (Å²) in [6.07, 6.45) is 0. The minimum atomic E-state index is -0.622. The lowest BCUT2D eigenvalue weighted by atomic mass is 10.2. The fourth-order valence-corrected chi connectivity index (χ4v) is 1.41. The summed E-state index contributed by atoms with van der Waals surface area (Å²) in [5.41, 5.74) is 5.40. The van der Waals surface area contributed by atoms with Crippen LogP contribution < -0.4 is 15.6 Å². The van der Waals surface area contributed by atoms with Gasteiger partial charge in [0, 0.05) is 5.56 Å². The molecule has 0 saturated heterocycles. The van der Waals surface area contributed by atoms with E-state index in [0.717, 1.165) is 0 Å². The first-order valence-corrected chi connectivity index (χ1v) is 5.52. The molecule has 0 bridgehead atoms. The molecule has 1 aromatic heterocycles. The molecule has 0 saturated carbocycles. The van der Waals surface area contributed by atoms with Crippen molar-refractivity contribution < 1.29 is 13.9 Å². The number of carbonyl (C=O) groups is 1. The van der Waals surface area contributed by atoms with Gasteiger partial charge >= 0.3 is 0 Å². The molecule has 0 aliphatic carbocycles. The monoisotopic (exact) mass is 261 g/mol. The Kier molecular flexibility index (Phi) is 3.92. The van der Waals surface area contributed by atoms with Crippen molar-refractivity contribution >= 4 is 11.7 Å². The van der Waals surface area contributed by atoms with E-state index >= 15 is 0 Å². The molecule has 1 amide bonds. The van der Waals surface area contributed by atoms with Crippen LogP contribution in [0.15, 0.2) is 42.5 Å². The molecule has 98 valence electrons. The molecule has 5 nitrogen and oxygen atoms in total. The molecule has 0 unspecified atom stereocenters. The molecule has 0 radical (unpaired) electrons. The van der Waals surface area contributed by atoms with Gasteiger partial charge in [0.05, 0.1) is 7.11 Å². The maximum Gasteiger partial charge on any atom is 0.269 e. The molecule has 0 spiro atoms. The number of hydrogen-bond acceptors (Lipinski definition) is 4. The molecule has 19 heavy (non-hydrogen) atoms. The number of nitrogens with one attached hydrogen (secondary N) is 2. The molecule has 1 heterocycles. The quantitative estimate of drug-likeness (QED) is 0.652. The molecule has 1 aromatic carbocycles. The minimum Gasteiger partial charge on any atom is -0.497 e. The first-order chi connectivity index (χ1) is 9.19. The van der Waals surface area contributed by atoms with Gasteiger partial charge in [-0.2, -0.15) is 4.39 Å². The van der Waals surface area contributed by atoms with Gasteiger partial charge in [0.2, 0.25) is 5.95 Å². The van der Waals surface area contributed by atoms with Crippen molar-refractivity contribution in [3.63, 3.8) is 0 Å². The number of aromatic nitrogens is 1. The lowest BCUT2D eigenvalue weighted by Gasteiger charge is -2.08. The molecule has 0 fully saturated rings. The van der Waals surface area contributed by atoms with Crippen molar-refractivity contribution in [3.8, 4) is 5.75 Å². The highest BCUT2D eigenvalue weighted by atomic mass is 19.1. The van der Waals surface area contributed by atoms with Gasteiger partial charge in [-0.1, -0.05) is 6.07 Å². The summed E-state index contributed by atoms with van der Waals surface area (Å²) in [4.78, 5) is 15.3. The maximum atomic E-state index is 12.8. The van der Waals surface area contributed by atoms with Gasteiger partial charge in [-0.15, -0.1) is 0 Å². The number of benzene rings is 1. The molecule has 2 rings (SSSR count). The standard InChI is InChI=1S/C13H12FN3O2/c1-19-10-7-5-9(6-8-10)13(18)17-16-12-4-2-3-11(14)15-12/h2-8H,1H3,(H,15,16)(H,17,18). The number of pyridine rings is 1. The van der Waals surface area contributed by atoms with E-state index in [-0.39, 0.29) is 11.7 Å². The summed E-state index contributed by atoms with van der Waals surface area (Å²) in [7, 11) is 1.55. The second-order valence-corrected chi connectivity index (χ2v) is 3.65. The van der Waals surface area contributed by atoms with Crippen molar-refractivity contribution in [2.45, 2.75) is 0 Å². The number of amides is 1. The van der Waals surface area contributed by atoms with Crippen molar-refractivity contribution in [3.05, 3.63) is 54.0 Å². The van der Waals surface area contributed by atoms with E-state index in [1.54, 1.807) is 31.4 Å². The van der Waals surface area contributed by atoms with E-state index in [0.29, 0.717) is 11.3 Å². The molecule has 0 aliphatic rings. The third kappa shape index (κ3) is 3.41. The zero-order valence-electron chi connectivity index (χ0n) is 10.2. The van der Waals surface area contributed by atoms with Crippen LogP contribution in [0.1, 0.15) is 10.4 Å². The summed E-state index contributed by atoms with van der Waals surface area (Å²) < 4.78 is 17.8. The first-order valence-electron chi connectivity index (χ1n) is 5.52. The fourth-order valence-electron chi connectivity index (χ4n) is 1.41. The lowest BCUT2D eigenvalue weighted by Crippen LogP contribution is -2.29. The summed E-state index contributed by atoms with van der Waals surface area (Å²) >= 11 is 0. The number of anilines is 1. The van der Waals surface area contributed by atoms with Crippen molar-refractivity contribution in [2.24, 2.45) is 0 Å². The van der Waals surface area contributed by atoms with Crippen molar-refractivity contribution in [1.29, 1.82) is 0 Å². The summed E-state index contributed by atoms with van der Waals surface area (Å²) in [6.45, 7) is 0. The number of methoxy groups -OCH3 is 1. The average Bonchev–Trinajstić information content (AvgIpc) is 2.45. The molecule has 6 heteroatoms. The Morgan fingerprint density at radius 2 is 1.95 bits per heavy atom. The van der Waals surface area contributed by atoms with Gasteiger partial charge in [-0.3, -0.25) is 15.6 Å². The van der Waals surface area contributed by atoms with Crippen LogP contribution in [0, 0.1) is 5.95 Å². The molecule has 0 aliphatic heterocycles. The summed E-state index contributed by atoms with van der Waals surface area (Å²) in [5, 5.41) is 0. The zero-order valence-corrected chi connectivity index (χ0v) is 10.2. The Bertz CT molecular complexity index is 572. The van der Waals surface area contributed by atoms with Crippen LogP contribution in [0.5, 0.6) is 5.75 Å². The Morgan fingerprint density at radius 3 is 2.58 bits per heavy atom. The van der Waals surface area contributed by atoms with Crippen LogP contribution >= 0.6 is 0 Å². The van der Waals surface area contributed by atoms with Crippen LogP contribution in [0.2, 0.25) is 0 Å². The number of carbonyl (C=O) groups excluding carboxylic acids is 1. The topological polar surface area (TPSA) is 63.2 Å². The van der Waals surface area contributed by atoms with E-state index in [9.17, 15) is 9.18 Å². The van der Waals surface area contributed by atoms with Crippen molar-refractivity contribution in [1.82, 2.24) is 10.4 Å². The number of rotatable bonds is 4. The third-order valence-corrected chi connectivity index (χ3v) is 2.37. The highest BCUT2D eigenvalue weighted by Crippen LogP contribution is 2.11. The van der Waals surface area contributed by atoms with Gasteiger partial charge < -0.3 is 4.74 Å². The second kappa shape index (κ2) is 5.81. The van der Waals surface area contributed by atoms with Crippen molar-refractivity contribution in [2.75, 3.05) is 12.5 Å². The number of nitrogens with zero attached hydrogens (tertiary/aromatic N) is 1. The van der Waals surface area contributed by atoms with Gasteiger partial charge in [0.15, 0.2) is 0 Å². The smallest absolute Gasteiger partial charge is 0.269 e. The zero-order chi connectivity index (χ0) is 13.7. The Balaban J connectivity index is 1.97. The normalized spacial score (nSPS) is 9.79. The fraction of sp³-hybridized carbons (Fsp3) is 0.0769. The highest BCUT2D eigenvalue weighted by Gasteiger charge is 2.05. The van der Waals surface area contributed by atoms with Crippen LogP contribution in [0.25, 0.3) is 0 Å². The molecular formula is C13H12FN3O2. The summed E-state index contributed by atoms with van der Waals surface area (Å²) in [6, 6.07) is 10.8. The maximum absolute atomic E-state index is 12.8. The SMILES string of the molecule is COc1ccc(C(=O)NNc2cccc(F)n2)cc1. The van der Waals surface area contributed by atoms with Gasteiger partial charge in [-0.05, 0) is 36.4 Å². The Hall–Kier alpha value is -2.63. The van der Waals surface area contributed by atoms with Crippen LogP contribution in [-0.4, -0.2) is 18.0 Å². The van der Waals surface area contributed by atoms with Gasteiger partial charge in [0.25, 0.3) is 5.91 Å². The molecule has 0 atom stereocenters. The predicted octanol–water partition coefficient (Wildman–Crippen LogP) is 1.99. The number of hydrazine groups is 1. The molecular weight excluding hydrogens is 249 g/mol. The first kappa shape index (κ1) is 12.8. The third-order valence-electron chi connectivity index (χ3n) is 2.37. The Morgan fingerprint density at radius 1 is 1.21 bits per heavy atom. The average molecular weight is 261 g/mol. The predicted molar refractivity (Wildman–Crippen MR) is 68.3 cm³/mol. The number of ether oxygens (including phenoxy) is 1. The molecule has 2 aromatic rings. The van der Waals surface area contributed by atoms with Gasteiger partial charge in [-0.25, -0.2) is 4.98 Å². The minimum absolute atomic E-state index is 0.224. The van der Waals surface area contributed by atoms with E-state index in [4.69, 9.17) is 4.74 Å². The van der Waals surface area contributed by atoms with E-state index in [1.165, 1.54) is 18.2 Å². The van der Waals surface area contributed by atoms with Crippen LogP contribution in [0.4, 0.5) is 10.2 Å². The van der Waals surface area contributed by atoms with Crippen LogP contribution in [0.3, 0.4) is 0 Å². The highest BCUT2D eigenvalue weighted by molar-refractivity contribution is 5.94. The number of hydrogen-bond donors (Lipinski definition) is 2.